The molecule has 1 aromatic rings. The maximum Gasteiger partial charge on any atom is 0.246 e. The van der Waals surface area contributed by atoms with Gasteiger partial charge in [0.25, 0.3) is 0 Å². The van der Waals surface area contributed by atoms with Crippen molar-refractivity contribution in [2.45, 2.75) is 23.8 Å². The molecule has 1 atom stereocenters. The smallest absolute Gasteiger partial charge is 0.246 e. The van der Waals surface area contributed by atoms with Gasteiger partial charge in [0.15, 0.2) is 0 Å². The molecule has 2 aliphatic heterocycles. The van der Waals surface area contributed by atoms with E-state index in [0.29, 0.717) is 19.6 Å². The number of piperazine rings is 1. The van der Waals surface area contributed by atoms with Crippen LogP contribution in [-0.4, -0.2) is 75.5 Å². The molecule has 1 amide bonds. The maximum atomic E-state index is 13.8. The minimum Gasteiger partial charge on any atom is -0.376 e. The van der Waals surface area contributed by atoms with Crippen LogP contribution in [0.2, 0.25) is 0 Å². The van der Waals surface area contributed by atoms with E-state index in [0.717, 1.165) is 25.5 Å². The molecule has 0 bridgehead atoms. The van der Waals surface area contributed by atoms with E-state index in [4.69, 9.17) is 4.74 Å². The molecule has 1 N–H and O–H groups in total. The van der Waals surface area contributed by atoms with Crippen LogP contribution in [0.3, 0.4) is 0 Å². The molecule has 2 aliphatic rings. The van der Waals surface area contributed by atoms with Crippen molar-refractivity contribution in [2.75, 3.05) is 45.9 Å². The summed E-state index contributed by atoms with van der Waals surface area (Å²) < 4.78 is 45.7. The molecule has 0 aromatic heterocycles. The molecule has 0 aliphatic carbocycles. The van der Waals surface area contributed by atoms with Crippen molar-refractivity contribution >= 4 is 15.9 Å². The topological polar surface area (TPSA) is 79.0 Å². The Morgan fingerprint density at radius 3 is 2.62 bits per heavy atom. The number of halogens is 1. The Hall–Kier alpha value is -1.55. The quantitative estimate of drug-likeness (QED) is 0.768. The SMILES string of the molecule is O=C(CN1CCN(S(=O)(=O)c2ccccc2F)CC1)NC[C@@H]1CCCO1. The zero-order chi connectivity index (χ0) is 18.6. The molecular formula is C17H24FN3O4S. The first-order valence-corrected chi connectivity index (χ1v) is 10.3. The van der Waals surface area contributed by atoms with Crippen molar-refractivity contribution in [3.63, 3.8) is 0 Å². The summed E-state index contributed by atoms with van der Waals surface area (Å²) in [5, 5.41) is 2.86. The van der Waals surface area contributed by atoms with Crippen LogP contribution in [0.1, 0.15) is 12.8 Å². The average molecular weight is 385 g/mol. The summed E-state index contributed by atoms with van der Waals surface area (Å²) in [6.45, 7) is 2.81. The molecule has 2 saturated heterocycles. The van der Waals surface area contributed by atoms with Gasteiger partial charge in [-0.05, 0) is 25.0 Å². The number of sulfonamides is 1. The number of hydrogen-bond acceptors (Lipinski definition) is 5. The van der Waals surface area contributed by atoms with E-state index in [9.17, 15) is 17.6 Å². The third-order valence-corrected chi connectivity index (χ3v) is 6.64. The lowest BCUT2D eigenvalue weighted by molar-refractivity contribution is -0.123. The highest BCUT2D eigenvalue weighted by molar-refractivity contribution is 7.89. The standard InChI is InChI=1S/C17H24FN3O4S/c18-15-5-1-2-6-16(15)26(23,24)21-9-7-20(8-10-21)13-17(22)19-12-14-4-3-11-25-14/h1-2,5-6,14H,3-4,7-13H2,(H,19,22)/t14-/m0/s1. The predicted molar refractivity (Wildman–Crippen MR) is 93.6 cm³/mol. The summed E-state index contributed by atoms with van der Waals surface area (Å²) in [7, 11) is -3.85. The van der Waals surface area contributed by atoms with E-state index in [1.165, 1.54) is 22.5 Å². The second-order valence-corrected chi connectivity index (χ2v) is 8.46. The Kier molecular flexibility index (Phi) is 6.23. The highest BCUT2D eigenvalue weighted by Gasteiger charge is 2.30. The van der Waals surface area contributed by atoms with Gasteiger partial charge in [0.05, 0.1) is 12.6 Å². The van der Waals surface area contributed by atoms with Gasteiger partial charge >= 0.3 is 0 Å². The highest BCUT2D eigenvalue weighted by Crippen LogP contribution is 2.20. The summed E-state index contributed by atoms with van der Waals surface area (Å²) >= 11 is 0. The van der Waals surface area contributed by atoms with E-state index >= 15 is 0 Å². The van der Waals surface area contributed by atoms with Crippen LogP contribution < -0.4 is 5.32 Å². The van der Waals surface area contributed by atoms with Crippen LogP contribution in [-0.2, 0) is 19.6 Å². The number of nitrogens with one attached hydrogen (secondary N) is 1. The third-order valence-electron chi connectivity index (χ3n) is 4.70. The van der Waals surface area contributed by atoms with Crippen LogP contribution in [0.15, 0.2) is 29.2 Å². The molecule has 144 valence electrons. The number of rotatable bonds is 6. The van der Waals surface area contributed by atoms with E-state index in [1.54, 1.807) is 0 Å². The summed E-state index contributed by atoms with van der Waals surface area (Å²) in [6, 6.07) is 5.38. The molecule has 7 nitrogen and oxygen atoms in total. The summed E-state index contributed by atoms with van der Waals surface area (Å²) in [6.07, 6.45) is 2.09. The molecule has 0 saturated carbocycles. The Morgan fingerprint density at radius 2 is 1.96 bits per heavy atom. The average Bonchev–Trinajstić information content (AvgIpc) is 3.14. The summed E-state index contributed by atoms with van der Waals surface area (Å²) in [5.41, 5.74) is 0. The molecule has 9 heteroatoms. The number of benzene rings is 1. The lowest BCUT2D eigenvalue weighted by atomic mass is 10.2. The van der Waals surface area contributed by atoms with Crippen LogP contribution in [0.25, 0.3) is 0 Å². The molecule has 0 spiro atoms. The second kappa shape index (κ2) is 8.43. The first-order valence-electron chi connectivity index (χ1n) is 8.82. The van der Waals surface area contributed by atoms with Gasteiger partial charge in [-0.2, -0.15) is 4.31 Å². The Balaban J connectivity index is 1.48. The van der Waals surface area contributed by atoms with Crippen molar-refractivity contribution in [3.05, 3.63) is 30.1 Å². The summed E-state index contributed by atoms with van der Waals surface area (Å²) in [5.74, 6) is -0.839. The zero-order valence-electron chi connectivity index (χ0n) is 14.6. The number of carbonyl (C=O) groups excluding carboxylic acids is 1. The van der Waals surface area contributed by atoms with Gasteiger partial charge in [0, 0.05) is 39.3 Å². The maximum absolute atomic E-state index is 13.8. The molecule has 2 fully saturated rings. The lowest BCUT2D eigenvalue weighted by Crippen LogP contribution is -2.51. The Bertz CT molecular complexity index is 729. The van der Waals surface area contributed by atoms with Gasteiger partial charge in [-0.3, -0.25) is 9.69 Å². The molecule has 3 rings (SSSR count). The first-order chi connectivity index (χ1) is 12.5. The van der Waals surface area contributed by atoms with Crippen LogP contribution in [0.4, 0.5) is 4.39 Å². The van der Waals surface area contributed by atoms with Crippen LogP contribution in [0, 0.1) is 5.82 Å². The number of amides is 1. The highest BCUT2D eigenvalue weighted by atomic mass is 32.2. The third kappa shape index (κ3) is 4.59. The minimum atomic E-state index is -3.85. The molecule has 1 aromatic carbocycles. The summed E-state index contributed by atoms with van der Waals surface area (Å²) in [4.78, 5) is 13.6. The molecule has 0 unspecified atom stereocenters. The first kappa shape index (κ1) is 19.2. The largest absolute Gasteiger partial charge is 0.376 e. The zero-order valence-corrected chi connectivity index (χ0v) is 15.4. The molecule has 26 heavy (non-hydrogen) atoms. The number of ether oxygens (including phenoxy) is 1. The van der Waals surface area contributed by atoms with Crippen molar-refractivity contribution in [2.24, 2.45) is 0 Å². The van der Waals surface area contributed by atoms with Gasteiger partial charge in [0.1, 0.15) is 10.7 Å². The van der Waals surface area contributed by atoms with Gasteiger partial charge in [-0.1, -0.05) is 12.1 Å². The van der Waals surface area contributed by atoms with Crippen molar-refractivity contribution in [1.82, 2.24) is 14.5 Å². The Labute approximate surface area is 153 Å². The second-order valence-electron chi connectivity index (χ2n) is 6.55. The normalized spacial score (nSPS) is 22.4. The fraction of sp³-hybridized carbons (Fsp3) is 0.588. The number of hydrogen-bond donors (Lipinski definition) is 1. The van der Waals surface area contributed by atoms with Gasteiger partial charge in [-0.15, -0.1) is 0 Å². The molecular weight excluding hydrogens is 361 g/mol. The van der Waals surface area contributed by atoms with Crippen molar-refractivity contribution in [3.8, 4) is 0 Å². The fourth-order valence-electron chi connectivity index (χ4n) is 3.21. The minimum absolute atomic E-state index is 0.0917. The fourth-order valence-corrected chi connectivity index (χ4v) is 4.70. The van der Waals surface area contributed by atoms with E-state index in [2.05, 4.69) is 5.32 Å². The van der Waals surface area contributed by atoms with E-state index < -0.39 is 15.8 Å². The lowest BCUT2D eigenvalue weighted by Gasteiger charge is -2.33. The van der Waals surface area contributed by atoms with Crippen LogP contribution >= 0.6 is 0 Å². The number of carbonyl (C=O) groups is 1. The Morgan fingerprint density at radius 1 is 1.23 bits per heavy atom. The van der Waals surface area contributed by atoms with Gasteiger partial charge in [-0.25, -0.2) is 12.8 Å². The number of nitrogens with zero attached hydrogens (tertiary/aromatic N) is 2. The van der Waals surface area contributed by atoms with E-state index in [1.807, 2.05) is 4.90 Å². The monoisotopic (exact) mass is 385 g/mol. The van der Waals surface area contributed by atoms with Crippen LogP contribution in [0.5, 0.6) is 0 Å². The predicted octanol–water partition coefficient (Wildman–Crippen LogP) is 0.427. The van der Waals surface area contributed by atoms with Gasteiger partial charge < -0.3 is 10.1 Å². The molecule has 2 heterocycles. The van der Waals surface area contributed by atoms with Gasteiger partial charge in [0.2, 0.25) is 15.9 Å². The van der Waals surface area contributed by atoms with Crippen molar-refractivity contribution in [1.29, 1.82) is 0 Å². The van der Waals surface area contributed by atoms with Crippen molar-refractivity contribution < 1.29 is 22.3 Å². The molecule has 0 radical (unpaired) electrons. The van der Waals surface area contributed by atoms with E-state index in [-0.39, 0.29) is 36.5 Å².